The van der Waals surface area contributed by atoms with Crippen LogP contribution in [0, 0.1) is 18.7 Å². The Morgan fingerprint density at radius 3 is 2.94 bits per heavy atom. The van der Waals surface area contributed by atoms with E-state index in [1.54, 1.807) is 6.07 Å². The molecule has 3 heteroatoms. The summed E-state index contributed by atoms with van der Waals surface area (Å²) in [6, 6.07) is 4.94. The molecule has 1 N–H and O–H groups in total. The first-order chi connectivity index (χ1) is 8.75. The first-order valence-electron chi connectivity index (χ1n) is 6.79. The van der Waals surface area contributed by atoms with Crippen LogP contribution in [0.25, 0.3) is 0 Å². The zero-order valence-corrected chi connectivity index (χ0v) is 11.0. The van der Waals surface area contributed by atoms with E-state index in [4.69, 9.17) is 4.74 Å². The number of halogens is 1. The molecule has 0 radical (unpaired) electrons. The van der Waals surface area contributed by atoms with Crippen molar-refractivity contribution in [1.82, 2.24) is 5.32 Å². The molecule has 2 rings (SSSR count). The molecule has 1 aromatic carbocycles. The Hall–Kier alpha value is -0.930. The van der Waals surface area contributed by atoms with Crippen LogP contribution in [0.15, 0.2) is 18.2 Å². The molecule has 18 heavy (non-hydrogen) atoms. The van der Waals surface area contributed by atoms with Crippen LogP contribution in [-0.4, -0.2) is 19.8 Å². The van der Waals surface area contributed by atoms with Crippen molar-refractivity contribution < 1.29 is 9.13 Å². The molecular weight excluding hydrogens is 229 g/mol. The van der Waals surface area contributed by atoms with Gasteiger partial charge in [-0.15, -0.1) is 0 Å². The summed E-state index contributed by atoms with van der Waals surface area (Å²) in [5, 5.41) is 3.36. The van der Waals surface area contributed by atoms with Gasteiger partial charge in [-0.1, -0.05) is 6.07 Å². The van der Waals surface area contributed by atoms with Crippen LogP contribution in [0.2, 0.25) is 0 Å². The first-order valence-corrected chi connectivity index (χ1v) is 6.79. The number of hydrogen-bond donors (Lipinski definition) is 1. The summed E-state index contributed by atoms with van der Waals surface area (Å²) in [6.45, 7) is 5.47. The van der Waals surface area contributed by atoms with Gasteiger partial charge in [0.25, 0.3) is 0 Å². The van der Waals surface area contributed by atoms with Crippen LogP contribution in [0.5, 0.6) is 0 Å². The number of rotatable bonds is 8. The summed E-state index contributed by atoms with van der Waals surface area (Å²) in [4.78, 5) is 0. The summed E-state index contributed by atoms with van der Waals surface area (Å²) in [5.74, 6) is 0.685. The fourth-order valence-electron chi connectivity index (χ4n) is 1.91. The van der Waals surface area contributed by atoms with Crippen LogP contribution < -0.4 is 5.32 Å². The average Bonchev–Trinajstić information content (AvgIpc) is 3.14. The third-order valence-electron chi connectivity index (χ3n) is 3.31. The van der Waals surface area contributed by atoms with Gasteiger partial charge in [0, 0.05) is 19.8 Å². The molecule has 0 atom stereocenters. The highest BCUT2D eigenvalue weighted by Gasteiger charge is 2.20. The van der Waals surface area contributed by atoms with Crippen LogP contribution >= 0.6 is 0 Å². The van der Waals surface area contributed by atoms with Gasteiger partial charge >= 0.3 is 0 Å². The van der Waals surface area contributed by atoms with Gasteiger partial charge in [0.15, 0.2) is 0 Å². The Labute approximate surface area is 109 Å². The average molecular weight is 251 g/mol. The van der Waals surface area contributed by atoms with E-state index in [1.165, 1.54) is 18.9 Å². The highest BCUT2D eigenvalue weighted by Crippen LogP contribution is 2.28. The molecule has 0 unspecified atom stereocenters. The lowest BCUT2D eigenvalue weighted by Gasteiger charge is -2.08. The molecule has 1 fully saturated rings. The van der Waals surface area contributed by atoms with Crippen LogP contribution in [0.4, 0.5) is 4.39 Å². The predicted octanol–water partition coefficient (Wildman–Crippen LogP) is 3.04. The SMILES string of the molecule is Cc1cc(F)ccc1CNCCCOCC1CC1. The van der Waals surface area contributed by atoms with Gasteiger partial charge in [0.1, 0.15) is 5.82 Å². The number of aryl methyl sites for hydroxylation is 1. The maximum absolute atomic E-state index is 12.9. The van der Waals surface area contributed by atoms with Crippen molar-refractivity contribution in [3.63, 3.8) is 0 Å². The van der Waals surface area contributed by atoms with E-state index >= 15 is 0 Å². The van der Waals surface area contributed by atoms with Gasteiger partial charge in [0.2, 0.25) is 0 Å². The van der Waals surface area contributed by atoms with Crippen molar-refractivity contribution in [2.45, 2.75) is 32.7 Å². The molecule has 1 saturated carbocycles. The van der Waals surface area contributed by atoms with E-state index in [2.05, 4.69) is 5.32 Å². The second-order valence-corrected chi connectivity index (χ2v) is 5.12. The third kappa shape index (κ3) is 4.75. The minimum atomic E-state index is -0.162. The van der Waals surface area contributed by atoms with E-state index in [1.807, 2.05) is 13.0 Å². The Morgan fingerprint density at radius 2 is 2.22 bits per heavy atom. The van der Waals surface area contributed by atoms with Crippen molar-refractivity contribution in [1.29, 1.82) is 0 Å². The van der Waals surface area contributed by atoms with Gasteiger partial charge in [-0.2, -0.15) is 0 Å². The topological polar surface area (TPSA) is 21.3 Å². The quantitative estimate of drug-likeness (QED) is 0.717. The lowest BCUT2D eigenvalue weighted by molar-refractivity contribution is 0.122. The molecule has 0 amide bonds. The van der Waals surface area contributed by atoms with E-state index < -0.39 is 0 Å². The number of ether oxygens (including phenoxy) is 1. The fraction of sp³-hybridized carbons (Fsp3) is 0.600. The second-order valence-electron chi connectivity index (χ2n) is 5.12. The molecule has 0 saturated heterocycles. The molecular formula is C15H22FNO. The summed E-state index contributed by atoms with van der Waals surface area (Å²) < 4.78 is 18.5. The smallest absolute Gasteiger partial charge is 0.123 e. The lowest BCUT2D eigenvalue weighted by Crippen LogP contribution is -2.17. The monoisotopic (exact) mass is 251 g/mol. The molecule has 100 valence electrons. The first kappa shape index (κ1) is 13.5. The van der Waals surface area contributed by atoms with Crippen molar-refractivity contribution in [3.05, 3.63) is 35.1 Å². The molecule has 0 spiro atoms. The maximum Gasteiger partial charge on any atom is 0.123 e. The van der Waals surface area contributed by atoms with E-state index in [0.717, 1.165) is 49.8 Å². The third-order valence-corrected chi connectivity index (χ3v) is 3.31. The Morgan fingerprint density at radius 1 is 1.39 bits per heavy atom. The minimum Gasteiger partial charge on any atom is -0.381 e. The molecule has 0 aromatic heterocycles. The number of hydrogen-bond acceptors (Lipinski definition) is 2. The van der Waals surface area contributed by atoms with Gasteiger partial charge in [0.05, 0.1) is 0 Å². The number of benzene rings is 1. The van der Waals surface area contributed by atoms with Crippen LogP contribution in [0.3, 0.4) is 0 Å². The molecule has 2 nitrogen and oxygen atoms in total. The highest BCUT2D eigenvalue weighted by molar-refractivity contribution is 5.26. The predicted molar refractivity (Wildman–Crippen MR) is 71.0 cm³/mol. The zero-order valence-electron chi connectivity index (χ0n) is 11.0. The zero-order chi connectivity index (χ0) is 12.8. The molecule has 1 aliphatic carbocycles. The Kier molecular flexibility index (Phi) is 5.14. The largest absolute Gasteiger partial charge is 0.381 e. The summed E-state index contributed by atoms with van der Waals surface area (Å²) in [6.07, 6.45) is 3.73. The van der Waals surface area contributed by atoms with Crippen molar-refractivity contribution in [2.75, 3.05) is 19.8 Å². The molecule has 0 aliphatic heterocycles. The Bertz CT molecular complexity index is 377. The van der Waals surface area contributed by atoms with Crippen molar-refractivity contribution in [2.24, 2.45) is 5.92 Å². The van der Waals surface area contributed by atoms with Crippen LogP contribution in [-0.2, 0) is 11.3 Å². The second kappa shape index (κ2) is 6.86. The van der Waals surface area contributed by atoms with Gasteiger partial charge < -0.3 is 10.1 Å². The standard InChI is InChI=1S/C15H22FNO/c1-12-9-15(16)6-5-14(12)10-17-7-2-8-18-11-13-3-4-13/h5-6,9,13,17H,2-4,7-8,10-11H2,1H3. The lowest BCUT2D eigenvalue weighted by atomic mass is 10.1. The van der Waals surface area contributed by atoms with Gasteiger partial charge in [-0.3, -0.25) is 0 Å². The van der Waals surface area contributed by atoms with Gasteiger partial charge in [-0.25, -0.2) is 4.39 Å². The highest BCUT2D eigenvalue weighted by atomic mass is 19.1. The summed E-state index contributed by atoms with van der Waals surface area (Å²) in [5.41, 5.74) is 2.17. The molecule has 0 bridgehead atoms. The summed E-state index contributed by atoms with van der Waals surface area (Å²) in [7, 11) is 0. The normalized spacial score (nSPS) is 15.0. The molecule has 1 aromatic rings. The van der Waals surface area contributed by atoms with E-state index in [0.29, 0.717) is 0 Å². The van der Waals surface area contributed by atoms with E-state index in [9.17, 15) is 4.39 Å². The fourth-order valence-corrected chi connectivity index (χ4v) is 1.91. The van der Waals surface area contributed by atoms with Crippen molar-refractivity contribution >= 4 is 0 Å². The van der Waals surface area contributed by atoms with Crippen LogP contribution in [0.1, 0.15) is 30.4 Å². The Balaban J connectivity index is 1.53. The molecule has 1 aliphatic rings. The van der Waals surface area contributed by atoms with E-state index in [-0.39, 0.29) is 5.82 Å². The van der Waals surface area contributed by atoms with Crippen molar-refractivity contribution in [3.8, 4) is 0 Å². The molecule has 0 heterocycles. The number of nitrogens with one attached hydrogen (secondary N) is 1. The minimum absolute atomic E-state index is 0.162. The van der Waals surface area contributed by atoms with Gasteiger partial charge in [-0.05, 0) is 61.9 Å². The summed E-state index contributed by atoms with van der Waals surface area (Å²) >= 11 is 0. The maximum atomic E-state index is 12.9.